The first-order chi connectivity index (χ1) is 9.97. The third-order valence-corrected chi connectivity index (χ3v) is 4.27. The maximum Gasteiger partial charge on any atom is 0.191 e. The van der Waals surface area contributed by atoms with E-state index in [0.717, 1.165) is 23.0 Å². The lowest BCUT2D eigenvalue weighted by Crippen LogP contribution is -2.24. The molecule has 0 amide bonds. The Morgan fingerprint density at radius 3 is 2.90 bits per heavy atom. The summed E-state index contributed by atoms with van der Waals surface area (Å²) in [7, 11) is 1.79. The molecule has 0 aliphatic rings. The van der Waals surface area contributed by atoms with Gasteiger partial charge in [0.2, 0.25) is 0 Å². The number of halogens is 1. The standard InChI is InChI=1S/C13H15ClN4O2S/c1-8-3-4-9(5-10(8)14)15-6-11-16-17-13(18(11)2)21-7-12(19)20/h3-5,15H,6-7H2,1-2H3,(H,19,20)/p-1. The molecule has 1 aromatic heterocycles. The number of benzene rings is 1. The minimum Gasteiger partial charge on any atom is -0.549 e. The number of hydrogen-bond donors (Lipinski definition) is 1. The van der Waals surface area contributed by atoms with Gasteiger partial charge in [0.1, 0.15) is 0 Å². The smallest absolute Gasteiger partial charge is 0.191 e. The third kappa shape index (κ3) is 4.12. The van der Waals surface area contributed by atoms with Crippen molar-refractivity contribution in [3.8, 4) is 0 Å². The van der Waals surface area contributed by atoms with Crippen LogP contribution in [-0.4, -0.2) is 26.5 Å². The zero-order valence-electron chi connectivity index (χ0n) is 11.6. The lowest BCUT2D eigenvalue weighted by Gasteiger charge is -2.08. The first-order valence-corrected chi connectivity index (χ1v) is 7.54. The van der Waals surface area contributed by atoms with Crippen LogP contribution in [0.2, 0.25) is 5.02 Å². The number of hydrogen-bond acceptors (Lipinski definition) is 6. The number of rotatable bonds is 6. The quantitative estimate of drug-likeness (QED) is 0.804. The Bertz CT molecular complexity index is 660. The molecule has 21 heavy (non-hydrogen) atoms. The Morgan fingerprint density at radius 1 is 1.48 bits per heavy atom. The predicted octanol–water partition coefficient (Wildman–Crippen LogP) is 1.23. The largest absolute Gasteiger partial charge is 0.549 e. The van der Waals surface area contributed by atoms with E-state index in [1.165, 1.54) is 0 Å². The number of anilines is 1. The fraction of sp³-hybridized carbons (Fsp3) is 0.308. The molecular formula is C13H14ClN4O2S-. The lowest BCUT2D eigenvalue weighted by atomic mass is 10.2. The number of carboxylic acid groups (broad SMARTS) is 1. The second-order valence-electron chi connectivity index (χ2n) is 4.44. The third-order valence-electron chi connectivity index (χ3n) is 2.87. The fourth-order valence-corrected chi connectivity index (χ4v) is 2.46. The Morgan fingerprint density at radius 2 is 2.24 bits per heavy atom. The molecule has 0 aliphatic carbocycles. The number of carbonyl (C=O) groups is 1. The summed E-state index contributed by atoms with van der Waals surface area (Å²) >= 11 is 7.14. The number of nitrogens with zero attached hydrogens (tertiary/aromatic N) is 3. The Kier molecular flexibility index (Phi) is 5.08. The van der Waals surface area contributed by atoms with Crippen molar-refractivity contribution >= 4 is 35.0 Å². The molecule has 1 aromatic carbocycles. The minimum absolute atomic E-state index is 0.146. The van der Waals surface area contributed by atoms with Gasteiger partial charge in [0.05, 0.1) is 12.5 Å². The molecule has 112 valence electrons. The molecule has 2 rings (SSSR count). The highest BCUT2D eigenvalue weighted by Gasteiger charge is 2.09. The molecule has 0 fully saturated rings. The number of carbonyl (C=O) groups excluding carboxylic acids is 1. The van der Waals surface area contributed by atoms with Crippen LogP contribution in [0.5, 0.6) is 0 Å². The molecule has 0 saturated carbocycles. The van der Waals surface area contributed by atoms with E-state index in [-0.39, 0.29) is 5.75 Å². The van der Waals surface area contributed by atoms with Crippen LogP contribution >= 0.6 is 23.4 Å². The SMILES string of the molecule is Cc1ccc(NCc2nnc(SCC(=O)[O-])n2C)cc1Cl. The van der Waals surface area contributed by atoms with Crippen LogP contribution in [0.4, 0.5) is 5.69 Å². The van der Waals surface area contributed by atoms with Crippen LogP contribution in [0.15, 0.2) is 23.4 Å². The van der Waals surface area contributed by atoms with Crippen LogP contribution in [0, 0.1) is 6.92 Å². The molecule has 0 aliphatic heterocycles. The summed E-state index contributed by atoms with van der Waals surface area (Å²) in [4.78, 5) is 10.4. The molecule has 0 unspecified atom stereocenters. The van der Waals surface area contributed by atoms with E-state index >= 15 is 0 Å². The highest BCUT2D eigenvalue weighted by molar-refractivity contribution is 7.99. The second-order valence-corrected chi connectivity index (χ2v) is 5.79. The van der Waals surface area contributed by atoms with E-state index in [2.05, 4.69) is 15.5 Å². The molecular weight excluding hydrogens is 312 g/mol. The summed E-state index contributed by atoms with van der Waals surface area (Å²) in [6, 6.07) is 5.71. The Balaban J connectivity index is 2.00. The molecule has 0 spiro atoms. The summed E-state index contributed by atoms with van der Waals surface area (Å²) < 4.78 is 1.75. The van der Waals surface area contributed by atoms with Gasteiger partial charge in [0.25, 0.3) is 0 Å². The summed E-state index contributed by atoms with van der Waals surface area (Å²) in [6.45, 7) is 2.41. The maximum absolute atomic E-state index is 10.4. The van der Waals surface area contributed by atoms with Crippen molar-refractivity contribution in [3.63, 3.8) is 0 Å². The summed E-state index contributed by atoms with van der Waals surface area (Å²) in [5.74, 6) is -0.572. The Labute approximate surface area is 131 Å². The van der Waals surface area contributed by atoms with Crippen molar-refractivity contribution < 1.29 is 9.90 Å². The summed E-state index contributed by atoms with van der Waals surface area (Å²) in [5.41, 5.74) is 1.90. The van der Waals surface area contributed by atoms with E-state index in [1.54, 1.807) is 11.6 Å². The van der Waals surface area contributed by atoms with Gasteiger partial charge in [-0.05, 0) is 24.6 Å². The van der Waals surface area contributed by atoms with Gasteiger partial charge in [-0.2, -0.15) is 0 Å². The van der Waals surface area contributed by atoms with Gasteiger partial charge in [0, 0.05) is 23.5 Å². The number of thioether (sulfide) groups is 1. The molecule has 6 nitrogen and oxygen atoms in total. The van der Waals surface area contributed by atoms with E-state index in [0.29, 0.717) is 22.5 Å². The van der Waals surface area contributed by atoms with Gasteiger partial charge in [-0.15, -0.1) is 10.2 Å². The molecule has 1 N–H and O–H groups in total. The molecule has 1 heterocycles. The monoisotopic (exact) mass is 325 g/mol. The second kappa shape index (κ2) is 6.82. The summed E-state index contributed by atoms with van der Waals surface area (Å²) in [5, 5.41) is 22.9. The van der Waals surface area contributed by atoms with Crippen LogP contribution in [0.25, 0.3) is 0 Å². The number of aromatic nitrogens is 3. The number of nitrogens with one attached hydrogen (secondary N) is 1. The maximum atomic E-state index is 10.4. The zero-order chi connectivity index (χ0) is 15.4. The van der Waals surface area contributed by atoms with Crippen LogP contribution in [-0.2, 0) is 18.4 Å². The molecule has 0 saturated heterocycles. The number of aryl methyl sites for hydroxylation is 1. The van der Waals surface area contributed by atoms with Crippen molar-refractivity contribution in [2.45, 2.75) is 18.6 Å². The van der Waals surface area contributed by atoms with Crippen molar-refractivity contribution in [2.24, 2.45) is 7.05 Å². The summed E-state index contributed by atoms with van der Waals surface area (Å²) in [6.07, 6.45) is 0. The Hall–Kier alpha value is -1.73. The highest BCUT2D eigenvalue weighted by atomic mass is 35.5. The lowest BCUT2D eigenvalue weighted by molar-refractivity contribution is -0.301. The van der Waals surface area contributed by atoms with Crippen molar-refractivity contribution in [2.75, 3.05) is 11.1 Å². The van der Waals surface area contributed by atoms with E-state index in [9.17, 15) is 9.90 Å². The van der Waals surface area contributed by atoms with Gasteiger partial charge < -0.3 is 19.8 Å². The van der Waals surface area contributed by atoms with Gasteiger partial charge in [-0.25, -0.2) is 0 Å². The number of aliphatic carboxylic acids is 1. The first kappa shape index (κ1) is 15.7. The normalized spacial score (nSPS) is 10.6. The van der Waals surface area contributed by atoms with E-state index in [1.807, 2.05) is 25.1 Å². The van der Waals surface area contributed by atoms with Crippen molar-refractivity contribution in [1.82, 2.24) is 14.8 Å². The average molecular weight is 326 g/mol. The van der Waals surface area contributed by atoms with Gasteiger partial charge in [0.15, 0.2) is 11.0 Å². The topological polar surface area (TPSA) is 82.9 Å². The first-order valence-electron chi connectivity index (χ1n) is 6.18. The predicted molar refractivity (Wildman–Crippen MR) is 80.2 cm³/mol. The molecule has 0 bridgehead atoms. The van der Waals surface area contributed by atoms with Gasteiger partial charge >= 0.3 is 0 Å². The molecule has 0 atom stereocenters. The zero-order valence-corrected chi connectivity index (χ0v) is 13.2. The van der Waals surface area contributed by atoms with Crippen LogP contribution in [0.1, 0.15) is 11.4 Å². The van der Waals surface area contributed by atoms with Gasteiger partial charge in [-0.1, -0.05) is 29.4 Å². The molecule has 0 radical (unpaired) electrons. The van der Waals surface area contributed by atoms with Gasteiger partial charge in [-0.3, -0.25) is 0 Å². The molecule has 2 aromatic rings. The highest BCUT2D eigenvalue weighted by Crippen LogP contribution is 2.21. The minimum atomic E-state index is -1.13. The van der Waals surface area contributed by atoms with Crippen molar-refractivity contribution in [3.05, 3.63) is 34.6 Å². The van der Waals surface area contributed by atoms with E-state index < -0.39 is 5.97 Å². The average Bonchev–Trinajstić information content (AvgIpc) is 2.78. The van der Waals surface area contributed by atoms with Crippen LogP contribution < -0.4 is 10.4 Å². The van der Waals surface area contributed by atoms with E-state index in [4.69, 9.17) is 11.6 Å². The van der Waals surface area contributed by atoms with Crippen LogP contribution in [0.3, 0.4) is 0 Å². The van der Waals surface area contributed by atoms with Crippen molar-refractivity contribution in [1.29, 1.82) is 0 Å². The number of carboxylic acids is 1. The molecule has 8 heteroatoms. The fourth-order valence-electron chi connectivity index (χ4n) is 1.63.